The molecule has 0 unspecified atom stereocenters. The number of piperidine rings is 2. The van der Waals surface area contributed by atoms with Crippen LogP contribution in [0.4, 0.5) is 8.78 Å². The Morgan fingerprint density at radius 1 is 1.17 bits per heavy atom. The van der Waals surface area contributed by atoms with E-state index >= 15 is 0 Å². The highest BCUT2D eigenvalue weighted by Crippen LogP contribution is 2.91. The van der Waals surface area contributed by atoms with Crippen LogP contribution in [0.2, 0.25) is 5.02 Å². The lowest BCUT2D eigenvalue weighted by Gasteiger charge is -2.34. The number of aromatic nitrogens is 1. The van der Waals surface area contributed by atoms with Gasteiger partial charge in [-0.1, -0.05) is 11.6 Å². The predicted octanol–water partition coefficient (Wildman–Crippen LogP) is 3.29. The molecule has 1 N–H and O–H groups in total. The molecule has 6 rings (SSSR count). The molecule has 2 amide bonds. The minimum Gasteiger partial charge on any atom is -0.347 e. The Morgan fingerprint density at radius 3 is 2.54 bits per heavy atom. The number of halogens is 3. The average Bonchev–Trinajstić information content (AvgIpc) is 3.73. The Morgan fingerprint density at radius 2 is 1.89 bits per heavy atom. The van der Waals surface area contributed by atoms with Gasteiger partial charge in [0.2, 0.25) is 5.91 Å². The first kappa shape index (κ1) is 22.8. The van der Waals surface area contributed by atoms with Crippen molar-refractivity contribution in [1.29, 1.82) is 0 Å². The van der Waals surface area contributed by atoms with Crippen LogP contribution in [0.25, 0.3) is 0 Å². The molecule has 0 spiro atoms. The highest BCUT2D eigenvalue weighted by molar-refractivity contribution is 7.90. The number of rotatable bonds is 6. The molecule has 3 aliphatic carbocycles. The maximum atomic E-state index is 14.7. The number of amides is 2. The van der Waals surface area contributed by atoms with E-state index < -0.39 is 45.4 Å². The molecule has 4 fully saturated rings. The van der Waals surface area contributed by atoms with Crippen LogP contribution < -0.4 is 5.32 Å². The van der Waals surface area contributed by atoms with E-state index in [1.54, 1.807) is 0 Å². The van der Waals surface area contributed by atoms with E-state index in [0.29, 0.717) is 6.54 Å². The average molecular weight is 522 g/mol. The number of carbonyl (C=O) groups excluding carboxylic acids is 2. The van der Waals surface area contributed by atoms with Gasteiger partial charge in [-0.3, -0.25) is 14.6 Å². The molecule has 7 nitrogen and oxygen atoms in total. The first-order valence-corrected chi connectivity index (χ1v) is 13.6. The van der Waals surface area contributed by atoms with Crippen LogP contribution in [0, 0.1) is 28.4 Å². The Balaban J connectivity index is 1.29. The maximum Gasteiger partial charge on any atom is 0.256 e. The van der Waals surface area contributed by atoms with Crippen molar-refractivity contribution < 1.29 is 26.8 Å². The van der Waals surface area contributed by atoms with E-state index in [0.717, 1.165) is 44.1 Å². The molecule has 4 aliphatic rings. The summed E-state index contributed by atoms with van der Waals surface area (Å²) in [6.07, 6.45) is 6.69. The van der Waals surface area contributed by atoms with Gasteiger partial charge in [0.05, 0.1) is 21.5 Å². The van der Waals surface area contributed by atoms with Gasteiger partial charge in [-0.15, -0.1) is 0 Å². The number of nitrogens with zero attached hydrogens (tertiary/aromatic N) is 2. The lowest BCUT2D eigenvalue weighted by molar-refractivity contribution is -0.127. The minimum absolute atomic E-state index is 0.0316. The van der Waals surface area contributed by atoms with E-state index in [9.17, 15) is 26.8 Å². The van der Waals surface area contributed by atoms with Crippen molar-refractivity contribution in [2.75, 3.05) is 12.8 Å². The second-order valence-corrected chi connectivity index (χ2v) is 12.8. The quantitative estimate of drug-likeness (QED) is 0.588. The Labute approximate surface area is 205 Å². The molecule has 2 aromatic rings. The third kappa shape index (κ3) is 3.48. The molecule has 1 aromatic carbocycles. The van der Waals surface area contributed by atoms with Crippen LogP contribution in [0.15, 0.2) is 35.5 Å². The van der Waals surface area contributed by atoms with Crippen molar-refractivity contribution in [3.05, 3.63) is 58.4 Å². The fourth-order valence-electron chi connectivity index (χ4n) is 5.91. The number of nitrogens with one attached hydrogen (secondary N) is 1. The summed E-state index contributed by atoms with van der Waals surface area (Å²) in [5, 5.41) is 2.58. The zero-order valence-corrected chi connectivity index (χ0v) is 20.3. The number of sulfone groups is 1. The molecule has 11 heteroatoms. The molecule has 35 heavy (non-hydrogen) atoms. The smallest absolute Gasteiger partial charge is 0.256 e. The van der Waals surface area contributed by atoms with E-state index in [1.165, 1.54) is 23.4 Å². The van der Waals surface area contributed by atoms with E-state index in [1.807, 2.05) is 0 Å². The monoisotopic (exact) mass is 521 g/mol. The Hall–Kier alpha value is -2.59. The van der Waals surface area contributed by atoms with Gasteiger partial charge in [0.15, 0.2) is 9.84 Å². The molecule has 1 aliphatic heterocycles. The van der Waals surface area contributed by atoms with Gasteiger partial charge in [0, 0.05) is 36.2 Å². The van der Waals surface area contributed by atoms with Crippen molar-refractivity contribution in [3.63, 3.8) is 0 Å². The topological polar surface area (TPSA) is 96.4 Å². The Kier molecular flexibility index (Phi) is 4.72. The lowest BCUT2D eigenvalue weighted by Crippen LogP contribution is -2.52. The highest BCUT2D eigenvalue weighted by Gasteiger charge is 2.91. The van der Waals surface area contributed by atoms with Gasteiger partial charge >= 0.3 is 0 Å². The zero-order chi connectivity index (χ0) is 24.9. The molecule has 1 saturated heterocycles. The first-order valence-electron chi connectivity index (χ1n) is 11.4. The van der Waals surface area contributed by atoms with Crippen molar-refractivity contribution in [3.8, 4) is 0 Å². The predicted molar refractivity (Wildman–Crippen MR) is 121 cm³/mol. The Bertz CT molecular complexity index is 1410. The minimum atomic E-state index is -3.57. The largest absolute Gasteiger partial charge is 0.347 e. The van der Waals surface area contributed by atoms with Gasteiger partial charge in [-0.05, 0) is 55.2 Å². The van der Waals surface area contributed by atoms with Crippen LogP contribution in [-0.2, 0) is 14.6 Å². The number of benzene rings is 1. The molecule has 184 valence electrons. The van der Waals surface area contributed by atoms with Crippen molar-refractivity contribution in [1.82, 2.24) is 15.2 Å². The summed E-state index contributed by atoms with van der Waals surface area (Å²) in [6, 6.07) is 1.71. The fraction of sp³-hybridized carbons (Fsp3) is 0.458. The molecular formula is C24H22ClF2N3O4S. The number of pyridine rings is 1. The van der Waals surface area contributed by atoms with Gasteiger partial charge < -0.3 is 10.2 Å². The molecule has 2 atom stereocenters. The lowest BCUT2D eigenvalue weighted by atomic mass is 9.96. The van der Waals surface area contributed by atoms with Gasteiger partial charge in [0.1, 0.15) is 17.7 Å². The van der Waals surface area contributed by atoms with Crippen LogP contribution in [-0.4, -0.2) is 49.0 Å². The van der Waals surface area contributed by atoms with Crippen LogP contribution in [0.1, 0.15) is 47.6 Å². The van der Waals surface area contributed by atoms with E-state index in [2.05, 4.69) is 10.3 Å². The summed E-state index contributed by atoms with van der Waals surface area (Å²) in [5.74, 6) is -2.37. The summed E-state index contributed by atoms with van der Waals surface area (Å²) in [4.78, 5) is 32.3. The van der Waals surface area contributed by atoms with Crippen molar-refractivity contribution >= 4 is 33.3 Å². The summed E-state index contributed by atoms with van der Waals surface area (Å²) in [6.45, 7) is 0.394. The standard InChI is InChI=1S/C24H22ClF2N3O4S/c1-35(33,34)14-4-13(7-28-8-14)22(32)30-11-23-9-24(23,10-23)20(30)21(31)29-19(12-2-3-12)15-5-18(27)16(25)6-17(15)26/h4-8,12,19-20H,2-3,9-11H2,1H3,(H,29,31)/t19-,20+,23?,24?/m1/s1. The van der Waals surface area contributed by atoms with Crippen LogP contribution in [0.5, 0.6) is 0 Å². The van der Waals surface area contributed by atoms with Gasteiger partial charge in [-0.2, -0.15) is 0 Å². The molecule has 0 radical (unpaired) electrons. The summed E-state index contributed by atoms with van der Waals surface area (Å²) < 4.78 is 52.7. The second kappa shape index (κ2) is 7.22. The normalized spacial score (nSPS) is 29.3. The van der Waals surface area contributed by atoms with Crippen LogP contribution >= 0.6 is 11.6 Å². The third-order valence-electron chi connectivity index (χ3n) is 8.09. The number of hydrogen-bond donors (Lipinski definition) is 1. The third-order valence-corrected chi connectivity index (χ3v) is 9.45. The maximum absolute atomic E-state index is 14.7. The van der Waals surface area contributed by atoms with Crippen molar-refractivity contribution in [2.45, 2.75) is 42.7 Å². The molecule has 0 bridgehead atoms. The van der Waals surface area contributed by atoms with Crippen LogP contribution in [0.3, 0.4) is 0 Å². The van der Waals surface area contributed by atoms with Gasteiger partial charge in [0.25, 0.3) is 5.91 Å². The fourth-order valence-corrected chi connectivity index (χ4v) is 6.65. The molecule has 1 aromatic heterocycles. The zero-order valence-electron chi connectivity index (χ0n) is 18.7. The van der Waals surface area contributed by atoms with Gasteiger partial charge in [-0.25, -0.2) is 17.2 Å². The second-order valence-electron chi connectivity index (χ2n) is 10.4. The molecule has 2 heterocycles. The van der Waals surface area contributed by atoms with E-state index in [4.69, 9.17) is 11.6 Å². The molecular weight excluding hydrogens is 500 g/mol. The first-order chi connectivity index (χ1) is 16.5. The summed E-state index contributed by atoms with van der Waals surface area (Å²) >= 11 is 5.71. The number of carbonyl (C=O) groups is 2. The highest BCUT2D eigenvalue weighted by atomic mass is 35.5. The van der Waals surface area contributed by atoms with Crippen molar-refractivity contribution in [2.24, 2.45) is 16.7 Å². The summed E-state index contributed by atoms with van der Waals surface area (Å²) in [7, 11) is -3.57. The van der Waals surface area contributed by atoms with E-state index in [-0.39, 0.29) is 37.8 Å². The molecule has 3 saturated carbocycles. The number of likely N-dealkylation sites (tertiary alicyclic amines) is 1. The number of hydrogen-bond acceptors (Lipinski definition) is 5. The SMILES string of the molecule is CS(=O)(=O)c1cncc(C(=O)N2CC34CC3(C4)[C@@H]2C(=O)N[C@@H](c2cc(F)c(Cl)cc2F)C2CC2)c1. The summed E-state index contributed by atoms with van der Waals surface area (Å²) in [5.41, 5.74) is -0.256.